The van der Waals surface area contributed by atoms with Crippen LogP contribution in [0.4, 0.5) is 0 Å². The second-order valence-corrected chi connectivity index (χ2v) is 15.2. The van der Waals surface area contributed by atoms with Crippen molar-refractivity contribution >= 4 is 41.8 Å². The van der Waals surface area contributed by atoms with Crippen LogP contribution in [0.15, 0.2) is 30.3 Å². The molecule has 4 aliphatic rings. The van der Waals surface area contributed by atoms with Crippen LogP contribution in [0.1, 0.15) is 59.3 Å². The maximum atomic E-state index is 14.6. The van der Waals surface area contributed by atoms with Crippen molar-refractivity contribution in [2.24, 2.45) is 5.92 Å². The Labute approximate surface area is 374 Å². The summed E-state index contributed by atoms with van der Waals surface area (Å²) in [5.41, 5.74) is -7.08. The number of aliphatic carboxylic acids is 1. The van der Waals surface area contributed by atoms with Crippen molar-refractivity contribution in [3.63, 3.8) is 0 Å². The van der Waals surface area contributed by atoms with E-state index in [9.17, 15) is 99.9 Å². The van der Waals surface area contributed by atoms with Crippen LogP contribution in [0.5, 0.6) is 69.0 Å². The van der Waals surface area contributed by atoms with Gasteiger partial charge >= 0.3 is 41.8 Å². The van der Waals surface area contributed by atoms with Gasteiger partial charge in [-0.15, -0.1) is 0 Å². The zero-order valence-electron chi connectivity index (χ0n) is 33.4. The molecule has 0 amide bonds. The quantitative estimate of drug-likeness (QED) is 0.0554. The maximum absolute atomic E-state index is 14.6. The van der Waals surface area contributed by atoms with Crippen LogP contribution in [-0.2, 0) is 42.8 Å². The molecule has 8 rings (SSSR count). The molecule has 27 heteroatoms. The zero-order chi connectivity index (χ0) is 49.5. The van der Waals surface area contributed by atoms with Crippen LogP contribution >= 0.6 is 0 Å². The van der Waals surface area contributed by atoms with E-state index in [0.29, 0.717) is 30.3 Å². The molecule has 0 radical (unpaired) electrons. The minimum absolute atomic E-state index is 0.361. The minimum atomic E-state index is -2.58. The van der Waals surface area contributed by atoms with E-state index >= 15 is 0 Å². The molecule has 68 heavy (non-hydrogen) atoms. The van der Waals surface area contributed by atoms with Gasteiger partial charge in [-0.2, -0.15) is 0 Å². The van der Waals surface area contributed by atoms with E-state index in [4.69, 9.17) is 33.2 Å². The fraction of sp³-hybridized carbons (Fsp3) is 0.244. The lowest BCUT2D eigenvalue weighted by atomic mass is 9.76. The van der Waals surface area contributed by atoms with Crippen molar-refractivity contribution in [1.29, 1.82) is 0 Å². The predicted molar refractivity (Wildman–Crippen MR) is 206 cm³/mol. The third-order valence-electron chi connectivity index (χ3n) is 11.2. The summed E-state index contributed by atoms with van der Waals surface area (Å²) in [6, 6.07) is 2.36. The van der Waals surface area contributed by atoms with Crippen molar-refractivity contribution in [3.8, 4) is 80.1 Å². The molecule has 356 valence electrons. The van der Waals surface area contributed by atoms with Crippen LogP contribution in [0.25, 0.3) is 11.1 Å². The Morgan fingerprint density at radius 3 is 1.69 bits per heavy atom. The van der Waals surface area contributed by atoms with Gasteiger partial charge in [-0.1, -0.05) is 0 Å². The molecule has 0 unspecified atom stereocenters. The summed E-state index contributed by atoms with van der Waals surface area (Å²) in [7, 11) is 0. The lowest BCUT2D eigenvalue weighted by Crippen LogP contribution is -2.63. The van der Waals surface area contributed by atoms with Crippen molar-refractivity contribution in [2.75, 3.05) is 6.61 Å². The van der Waals surface area contributed by atoms with Gasteiger partial charge in [0.1, 0.15) is 12.7 Å². The van der Waals surface area contributed by atoms with Gasteiger partial charge in [0, 0.05) is 22.6 Å². The number of cyclic esters (lactones) is 1. The number of carbonyl (C=O) groups excluding carboxylic acids is 6. The number of carboxylic acid groups (broad SMARTS) is 1. The first-order chi connectivity index (χ1) is 32.0. The average Bonchev–Trinajstić information content (AvgIpc) is 3.28. The number of fused-ring (bicyclic) bond motifs is 3. The van der Waals surface area contributed by atoms with E-state index in [1.165, 1.54) is 0 Å². The van der Waals surface area contributed by atoms with Crippen LogP contribution < -0.4 is 4.74 Å². The number of phenols is 11. The first-order valence-electron chi connectivity index (χ1n) is 19.2. The smallest absolute Gasteiger partial charge is 0.341 e. The van der Waals surface area contributed by atoms with E-state index in [-0.39, 0.29) is 0 Å². The SMILES string of the molecule is O=C(O)C[C@H]1C(=O)O[C@@H]2[C@@H]3OC(=O)c4cc(O)c(O)c(O)c4-c4c(cc(O)c(O)c4O)C(=O)OC[C@@H]2O[C@H](OC(=O)c2cc(O)c(O)c(O)c2)[C@H]3OC(=O)c2cc(O)c(O)c3c2[C@@H]1[C@@H](O)C(=O)O3. The number of rotatable bonds is 4. The number of carbonyl (C=O) groups is 7. The Kier molecular flexibility index (Phi) is 11.0. The topological polar surface area (TPSA) is 447 Å². The average molecular weight is 955 g/mol. The van der Waals surface area contributed by atoms with Crippen molar-refractivity contribution in [1.82, 2.24) is 0 Å². The summed E-state index contributed by atoms with van der Waals surface area (Å²) in [6.45, 7) is -1.31. The summed E-state index contributed by atoms with van der Waals surface area (Å²) in [4.78, 5) is 96.8. The third-order valence-corrected chi connectivity index (χ3v) is 11.2. The molecule has 4 heterocycles. The van der Waals surface area contributed by atoms with Gasteiger partial charge in [-0.3, -0.25) is 9.59 Å². The standard InChI is InChI=1S/C41H30O27/c42-13-1-8(2-14(43)24(13)49)35(56)68-41-34-33-31(64-39(60)12(6-19(47)48)22-23-11(38(59)67-34)5-17(46)27(52)32(23)65-40(61)30(22)55)18(63-41)7-62-36(57)9-3-15(44)25(50)28(53)20(9)21-10(37(58)66-33)4-16(45)26(51)29(21)54/h1-5,12,18,22,30-31,33-34,41-46,49-55H,6-7H2,(H,47,48)/t12-,18+,22-,30-,31+,33+,34+,41-/m1/s1. The lowest BCUT2D eigenvalue weighted by molar-refractivity contribution is -0.287. The number of aliphatic hydroxyl groups excluding tert-OH is 1. The van der Waals surface area contributed by atoms with E-state index in [2.05, 4.69) is 0 Å². The molecule has 1 saturated heterocycles. The number of aromatic hydroxyl groups is 11. The molecule has 0 spiro atoms. The molecule has 13 N–H and O–H groups in total. The fourth-order valence-electron chi connectivity index (χ4n) is 8.04. The Morgan fingerprint density at radius 2 is 1.10 bits per heavy atom. The monoisotopic (exact) mass is 954 g/mol. The summed E-state index contributed by atoms with van der Waals surface area (Å²) < 4.78 is 38.8. The number of ether oxygens (including phenoxy) is 7. The van der Waals surface area contributed by atoms with E-state index in [1.807, 2.05) is 0 Å². The summed E-state index contributed by atoms with van der Waals surface area (Å²) in [5.74, 6) is -32.0. The molecule has 4 aliphatic heterocycles. The number of phenolic OH excluding ortho intramolecular Hbond substituents is 11. The highest BCUT2D eigenvalue weighted by molar-refractivity contribution is 6.08. The molecule has 8 atom stereocenters. The second kappa shape index (κ2) is 16.4. The Balaban J connectivity index is 1.39. The largest absolute Gasteiger partial charge is 0.504 e. The van der Waals surface area contributed by atoms with Crippen LogP contribution in [0.2, 0.25) is 0 Å². The molecule has 4 aromatic rings. The highest BCUT2D eigenvalue weighted by Crippen LogP contribution is 2.54. The number of carboxylic acids is 1. The number of benzene rings is 4. The Morgan fingerprint density at radius 1 is 0.588 bits per heavy atom. The summed E-state index contributed by atoms with van der Waals surface area (Å²) >= 11 is 0. The predicted octanol–water partition coefficient (Wildman–Crippen LogP) is -0.00170. The molecular formula is C41H30O27. The second-order valence-electron chi connectivity index (χ2n) is 15.2. The third kappa shape index (κ3) is 7.31. The first kappa shape index (κ1) is 45.5. The number of esters is 6. The Hall–Kier alpha value is -9.11. The summed E-state index contributed by atoms with van der Waals surface area (Å²) in [6.07, 6.45) is -16.3. The van der Waals surface area contributed by atoms with Gasteiger partial charge in [-0.05, 0) is 30.3 Å². The summed E-state index contributed by atoms with van der Waals surface area (Å²) in [5, 5.41) is 137. The zero-order valence-corrected chi connectivity index (χ0v) is 33.4. The van der Waals surface area contributed by atoms with E-state index < -0.39 is 211 Å². The van der Waals surface area contributed by atoms with E-state index in [0.717, 1.165) is 0 Å². The molecule has 27 nitrogen and oxygen atoms in total. The highest BCUT2D eigenvalue weighted by Gasteiger charge is 2.58. The number of aliphatic hydroxyl groups is 1. The molecule has 1 fully saturated rings. The van der Waals surface area contributed by atoms with E-state index in [1.54, 1.807) is 0 Å². The molecular weight excluding hydrogens is 924 g/mol. The maximum Gasteiger partial charge on any atom is 0.341 e. The molecule has 0 aliphatic carbocycles. The highest BCUT2D eigenvalue weighted by atomic mass is 16.7. The van der Waals surface area contributed by atoms with Crippen LogP contribution in [0, 0.1) is 5.92 Å². The van der Waals surface area contributed by atoms with Gasteiger partial charge in [0.2, 0.25) is 29.6 Å². The number of hydrogen-bond acceptors (Lipinski definition) is 26. The minimum Gasteiger partial charge on any atom is -0.504 e. The molecule has 4 aromatic carbocycles. The first-order valence-corrected chi connectivity index (χ1v) is 19.2. The van der Waals surface area contributed by atoms with Crippen LogP contribution in [0.3, 0.4) is 0 Å². The van der Waals surface area contributed by atoms with Gasteiger partial charge in [0.15, 0.2) is 70.1 Å². The number of hydrogen-bond donors (Lipinski definition) is 13. The normalized spacial score (nSPS) is 24.3. The fourth-order valence-corrected chi connectivity index (χ4v) is 8.04. The van der Waals surface area contributed by atoms with Crippen molar-refractivity contribution in [2.45, 2.75) is 49.1 Å². The lowest BCUT2D eigenvalue weighted by Gasteiger charge is -2.44. The van der Waals surface area contributed by atoms with Crippen LogP contribution in [-0.4, -0.2) is 152 Å². The van der Waals surface area contributed by atoms with Gasteiger partial charge in [0.05, 0.1) is 34.6 Å². The molecule has 0 saturated carbocycles. The van der Waals surface area contributed by atoms with Gasteiger partial charge in [-0.25, -0.2) is 24.0 Å². The van der Waals surface area contributed by atoms with Gasteiger partial charge in [0.25, 0.3) is 0 Å². The molecule has 0 aromatic heterocycles. The Bertz CT molecular complexity index is 2900. The molecule has 4 bridgehead atoms. The van der Waals surface area contributed by atoms with Crippen molar-refractivity contribution in [3.05, 3.63) is 58.1 Å². The van der Waals surface area contributed by atoms with Crippen molar-refractivity contribution < 1.29 is 133 Å². The van der Waals surface area contributed by atoms with Gasteiger partial charge < -0.3 is 99.5 Å².